The molecule has 0 spiro atoms. The maximum Gasteiger partial charge on any atom is 0.340 e. The standard InChI is InChI=1S/C23H26N4O5S/c1-15(2)27-22-18(13-24-27)12-20(16(3)25-22)23(29)32-14-21(28)17-6-8-19(9-7-17)33(30,31)26-10-4-5-11-26/h6-9,12-13,15H,4-5,10-11,14H2,1-3H3. The molecular formula is C23H26N4O5S. The fourth-order valence-corrected chi connectivity index (χ4v) is 5.35. The predicted octanol–water partition coefficient (Wildman–Crippen LogP) is 3.14. The number of benzene rings is 1. The largest absolute Gasteiger partial charge is 0.454 e. The molecule has 10 heteroatoms. The fraction of sp³-hybridized carbons (Fsp3) is 0.391. The number of carbonyl (C=O) groups excluding carboxylic acids is 2. The van der Waals surface area contributed by atoms with Crippen molar-refractivity contribution in [2.24, 2.45) is 0 Å². The van der Waals surface area contributed by atoms with Crippen molar-refractivity contribution in [3.8, 4) is 0 Å². The van der Waals surface area contributed by atoms with E-state index in [2.05, 4.69) is 10.1 Å². The molecule has 0 N–H and O–H groups in total. The number of sulfonamides is 1. The molecule has 1 aliphatic heterocycles. The van der Waals surface area contributed by atoms with Gasteiger partial charge in [-0.15, -0.1) is 0 Å². The fourth-order valence-electron chi connectivity index (χ4n) is 3.83. The Bertz CT molecular complexity index is 1310. The highest BCUT2D eigenvalue weighted by molar-refractivity contribution is 7.89. The van der Waals surface area contributed by atoms with E-state index < -0.39 is 28.4 Å². The Labute approximate surface area is 192 Å². The van der Waals surface area contributed by atoms with Gasteiger partial charge in [-0.2, -0.15) is 9.40 Å². The van der Waals surface area contributed by atoms with Crippen LogP contribution in [0.3, 0.4) is 0 Å². The van der Waals surface area contributed by atoms with Crippen molar-refractivity contribution in [3.05, 3.63) is 53.3 Å². The van der Waals surface area contributed by atoms with Crippen molar-refractivity contribution in [1.82, 2.24) is 19.1 Å². The number of hydrogen-bond acceptors (Lipinski definition) is 7. The average Bonchev–Trinajstić information content (AvgIpc) is 3.47. The number of esters is 1. The van der Waals surface area contributed by atoms with E-state index in [4.69, 9.17) is 4.74 Å². The Morgan fingerprint density at radius 1 is 1.12 bits per heavy atom. The number of ketones is 1. The van der Waals surface area contributed by atoms with E-state index in [1.807, 2.05) is 13.8 Å². The van der Waals surface area contributed by atoms with Gasteiger partial charge >= 0.3 is 5.97 Å². The molecule has 33 heavy (non-hydrogen) atoms. The van der Waals surface area contributed by atoms with Crippen LogP contribution in [0.1, 0.15) is 59.1 Å². The Kier molecular flexibility index (Phi) is 6.31. The highest BCUT2D eigenvalue weighted by atomic mass is 32.2. The summed E-state index contributed by atoms with van der Waals surface area (Å²) in [5, 5.41) is 5.01. The molecule has 1 fully saturated rings. The molecule has 2 aromatic heterocycles. The zero-order valence-electron chi connectivity index (χ0n) is 18.8. The number of nitrogens with zero attached hydrogens (tertiary/aromatic N) is 4. The van der Waals surface area contributed by atoms with Gasteiger partial charge in [0.1, 0.15) is 0 Å². The number of fused-ring (bicyclic) bond motifs is 1. The first-order valence-corrected chi connectivity index (χ1v) is 12.3. The Balaban J connectivity index is 1.43. The SMILES string of the molecule is Cc1nc2c(cnn2C(C)C)cc1C(=O)OCC(=O)c1ccc(S(=O)(=O)N2CCCC2)cc1. The summed E-state index contributed by atoms with van der Waals surface area (Å²) in [6, 6.07) is 7.50. The van der Waals surface area contributed by atoms with Crippen molar-refractivity contribution in [1.29, 1.82) is 0 Å². The summed E-state index contributed by atoms with van der Waals surface area (Å²) in [6.45, 7) is 6.25. The van der Waals surface area contributed by atoms with Gasteiger partial charge in [-0.1, -0.05) is 0 Å². The van der Waals surface area contributed by atoms with Crippen LogP contribution in [-0.2, 0) is 14.8 Å². The molecule has 3 aromatic rings. The van der Waals surface area contributed by atoms with Gasteiger partial charge in [0.25, 0.3) is 0 Å². The molecule has 4 rings (SSSR count). The molecule has 3 heterocycles. The second-order valence-corrected chi connectivity index (χ2v) is 10.3. The molecule has 1 aromatic carbocycles. The van der Waals surface area contributed by atoms with Crippen LogP contribution in [0.4, 0.5) is 0 Å². The van der Waals surface area contributed by atoms with Gasteiger partial charge in [-0.3, -0.25) is 4.79 Å². The highest BCUT2D eigenvalue weighted by Gasteiger charge is 2.27. The third-order valence-corrected chi connectivity index (χ3v) is 7.60. The van der Waals surface area contributed by atoms with Crippen LogP contribution < -0.4 is 0 Å². The Morgan fingerprint density at radius 3 is 2.42 bits per heavy atom. The molecule has 0 aliphatic carbocycles. The molecule has 0 radical (unpaired) electrons. The predicted molar refractivity (Wildman–Crippen MR) is 122 cm³/mol. The number of ether oxygens (including phenoxy) is 1. The lowest BCUT2D eigenvalue weighted by molar-refractivity contribution is 0.0473. The van der Waals surface area contributed by atoms with Gasteiger partial charge in [0.15, 0.2) is 18.0 Å². The molecule has 0 atom stereocenters. The van der Waals surface area contributed by atoms with E-state index in [9.17, 15) is 18.0 Å². The van der Waals surface area contributed by atoms with Gasteiger partial charge in [0, 0.05) is 30.1 Å². The lowest BCUT2D eigenvalue weighted by Gasteiger charge is -2.15. The van der Waals surface area contributed by atoms with Crippen LogP contribution >= 0.6 is 0 Å². The van der Waals surface area contributed by atoms with Crippen molar-refractivity contribution in [2.75, 3.05) is 19.7 Å². The van der Waals surface area contributed by atoms with E-state index in [1.54, 1.807) is 23.9 Å². The van der Waals surface area contributed by atoms with Crippen LogP contribution in [0.15, 0.2) is 41.4 Å². The maximum absolute atomic E-state index is 12.6. The molecule has 0 bridgehead atoms. The number of Topliss-reactive ketones (excluding diaryl/α,β-unsaturated/α-hetero) is 1. The minimum absolute atomic E-state index is 0.126. The molecular weight excluding hydrogens is 444 g/mol. The third kappa shape index (κ3) is 4.53. The van der Waals surface area contributed by atoms with E-state index in [0.29, 0.717) is 29.8 Å². The summed E-state index contributed by atoms with van der Waals surface area (Å²) in [5.74, 6) is -1.08. The number of aromatic nitrogens is 3. The van der Waals surface area contributed by atoms with Gasteiger partial charge < -0.3 is 4.74 Å². The van der Waals surface area contributed by atoms with Gasteiger partial charge in [0.2, 0.25) is 10.0 Å². The summed E-state index contributed by atoms with van der Waals surface area (Å²) in [5.41, 5.74) is 1.70. The van der Waals surface area contributed by atoms with Crippen molar-refractivity contribution in [3.63, 3.8) is 0 Å². The average molecular weight is 471 g/mol. The van der Waals surface area contributed by atoms with Gasteiger partial charge in [0.05, 0.1) is 22.3 Å². The summed E-state index contributed by atoms with van der Waals surface area (Å²) in [6.07, 6.45) is 3.34. The second kappa shape index (κ2) is 9.03. The normalized spacial score (nSPS) is 14.8. The zero-order chi connectivity index (χ0) is 23.8. The van der Waals surface area contributed by atoms with Crippen molar-refractivity contribution >= 4 is 32.8 Å². The molecule has 1 aliphatic rings. The van der Waals surface area contributed by atoms with Crippen LogP contribution in [0.2, 0.25) is 0 Å². The minimum Gasteiger partial charge on any atom is -0.454 e. The molecule has 1 saturated heterocycles. The number of aryl methyl sites for hydroxylation is 1. The zero-order valence-corrected chi connectivity index (χ0v) is 19.6. The molecule has 9 nitrogen and oxygen atoms in total. The highest BCUT2D eigenvalue weighted by Crippen LogP contribution is 2.22. The second-order valence-electron chi connectivity index (χ2n) is 8.35. The number of carbonyl (C=O) groups is 2. The van der Waals surface area contributed by atoms with E-state index in [0.717, 1.165) is 12.8 Å². The number of rotatable bonds is 7. The van der Waals surface area contributed by atoms with Crippen molar-refractivity contribution in [2.45, 2.75) is 44.6 Å². The molecule has 0 amide bonds. The van der Waals surface area contributed by atoms with Crippen LogP contribution in [-0.4, -0.2) is 58.9 Å². The summed E-state index contributed by atoms with van der Waals surface area (Å²) in [7, 11) is -3.55. The lowest BCUT2D eigenvalue weighted by Crippen LogP contribution is -2.27. The van der Waals surface area contributed by atoms with Crippen LogP contribution in [0, 0.1) is 6.92 Å². The maximum atomic E-state index is 12.6. The summed E-state index contributed by atoms with van der Waals surface area (Å²) < 4.78 is 33.7. The quantitative estimate of drug-likeness (QED) is 0.385. The monoisotopic (exact) mass is 470 g/mol. The smallest absolute Gasteiger partial charge is 0.340 e. The first kappa shape index (κ1) is 23.1. The number of hydrogen-bond donors (Lipinski definition) is 0. The molecule has 174 valence electrons. The number of pyridine rings is 1. The molecule has 0 unspecified atom stereocenters. The third-order valence-electron chi connectivity index (χ3n) is 5.68. The summed E-state index contributed by atoms with van der Waals surface area (Å²) in [4.78, 5) is 29.7. The summed E-state index contributed by atoms with van der Waals surface area (Å²) >= 11 is 0. The van der Waals surface area contributed by atoms with Gasteiger partial charge in [-0.05, 0) is 63.9 Å². The van der Waals surface area contributed by atoms with Crippen LogP contribution in [0.25, 0.3) is 11.0 Å². The topological polar surface area (TPSA) is 111 Å². The lowest BCUT2D eigenvalue weighted by atomic mass is 10.1. The minimum atomic E-state index is -3.55. The van der Waals surface area contributed by atoms with Crippen molar-refractivity contribution < 1.29 is 22.7 Å². The van der Waals surface area contributed by atoms with E-state index in [-0.39, 0.29) is 22.1 Å². The first-order valence-electron chi connectivity index (χ1n) is 10.8. The van der Waals surface area contributed by atoms with E-state index >= 15 is 0 Å². The van der Waals surface area contributed by atoms with E-state index in [1.165, 1.54) is 28.6 Å². The Morgan fingerprint density at radius 2 is 1.79 bits per heavy atom. The Hall–Kier alpha value is -3.11. The van der Waals surface area contributed by atoms with Crippen LogP contribution in [0.5, 0.6) is 0 Å². The molecule has 0 saturated carbocycles. The first-order chi connectivity index (χ1) is 15.7. The van der Waals surface area contributed by atoms with Gasteiger partial charge in [-0.25, -0.2) is 22.9 Å².